The summed E-state index contributed by atoms with van der Waals surface area (Å²) in [6, 6.07) is 2.65. The van der Waals surface area contributed by atoms with Crippen molar-refractivity contribution in [3.8, 4) is 0 Å². The van der Waals surface area contributed by atoms with Gasteiger partial charge in [-0.15, -0.1) is 0 Å². The molecular weight excluding hydrogens is 280 g/mol. The van der Waals surface area contributed by atoms with Crippen LogP contribution in [0.2, 0.25) is 0 Å². The SMILES string of the molecule is CC(C)N1C(=O)C[C@H](Sc2ncccc2C(=O)[O-])C1=O. The fraction of sp³-hybridized carbons (Fsp3) is 0.385. The molecule has 106 valence electrons. The Kier molecular flexibility index (Phi) is 4.08. The number of nitrogens with zero attached hydrogens (tertiary/aromatic N) is 2. The lowest BCUT2D eigenvalue weighted by atomic mass is 10.3. The topological polar surface area (TPSA) is 90.4 Å². The normalized spacial score (nSPS) is 18.9. The Labute approximate surface area is 120 Å². The molecule has 1 aliphatic rings. The molecule has 2 heterocycles. The Balaban J connectivity index is 2.22. The number of carboxylic acids is 1. The fourth-order valence-corrected chi connectivity index (χ4v) is 3.14. The van der Waals surface area contributed by atoms with Crippen LogP contribution in [0.25, 0.3) is 0 Å². The van der Waals surface area contributed by atoms with E-state index in [0.717, 1.165) is 11.8 Å². The third-order valence-corrected chi connectivity index (χ3v) is 4.10. The van der Waals surface area contributed by atoms with Crippen LogP contribution in [0.15, 0.2) is 23.4 Å². The van der Waals surface area contributed by atoms with E-state index in [2.05, 4.69) is 4.98 Å². The average molecular weight is 293 g/mol. The summed E-state index contributed by atoms with van der Waals surface area (Å²) in [6.45, 7) is 3.52. The van der Waals surface area contributed by atoms with Gasteiger partial charge in [-0.3, -0.25) is 14.5 Å². The molecule has 1 aromatic rings. The van der Waals surface area contributed by atoms with E-state index in [4.69, 9.17) is 0 Å². The van der Waals surface area contributed by atoms with Crippen LogP contribution in [0.3, 0.4) is 0 Å². The summed E-state index contributed by atoms with van der Waals surface area (Å²) in [6.07, 6.45) is 1.50. The van der Waals surface area contributed by atoms with Crippen molar-refractivity contribution in [1.29, 1.82) is 0 Å². The molecule has 0 aliphatic carbocycles. The van der Waals surface area contributed by atoms with E-state index in [-0.39, 0.29) is 34.9 Å². The van der Waals surface area contributed by atoms with Gasteiger partial charge in [0.1, 0.15) is 5.03 Å². The summed E-state index contributed by atoms with van der Waals surface area (Å²) in [5.74, 6) is -1.89. The molecule has 0 spiro atoms. The van der Waals surface area contributed by atoms with Gasteiger partial charge in [0, 0.05) is 24.2 Å². The molecule has 0 aromatic carbocycles. The van der Waals surface area contributed by atoms with Crippen molar-refractivity contribution in [3.05, 3.63) is 23.9 Å². The molecule has 0 saturated carbocycles. The Morgan fingerprint density at radius 3 is 2.75 bits per heavy atom. The Hall–Kier alpha value is -1.89. The molecule has 1 saturated heterocycles. The maximum Gasteiger partial charge on any atom is 0.243 e. The van der Waals surface area contributed by atoms with Gasteiger partial charge in [0.15, 0.2) is 0 Å². The van der Waals surface area contributed by atoms with Gasteiger partial charge in [-0.1, -0.05) is 11.8 Å². The minimum absolute atomic E-state index is 0.0603. The van der Waals surface area contributed by atoms with Gasteiger partial charge in [0.05, 0.1) is 11.2 Å². The smallest absolute Gasteiger partial charge is 0.243 e. The second kappa shape index (κ2) is 5.62. The minimum Gasteiger partial charge on any atom is -0.545 e. The van der Waals surface area contributed by atoms with E-state index in [9.17, 15) is 19.5 Å². The first-order valence-electron chi connectivity index (χ1n) is 6.10. The summed E-state index contributed by atoms with van der Waals surface area (Å²) in [5.41, 5.74) is -0.0688. The van der Waals surface area contributed by atoms with E-state index >= 15 is 0 Å². The number of carboxylic acid groups (broad SMARTS) is 1. The van der Waals surface area contributed by atoms with Gasteiger partial charge >= 0.3 is 0 Å². The second-order valence-corrected chi connectivity index (χ2v) is 5.84. The Bertz CT molecular complexity index is 573. The predicted molar refractivity (Wildman–Crippen MR) is 69.8 cm³/mol. The molecule has 1 aliphatic heterocycles. The van der Waals surface area contributed by atoms with Crippen LogP contribution in [-0.4, -0.2) is 39.0 Å². The number of aromatic carboxylic acids is 1. The number of thioether (sulfide) groups is 1. The van der Waals surface area contributed by atoms with Crippen molar-refractivity contribution in [2.75, 3.05) is 0 Å². The molecule has 1 fully saturated rings. The number of hydrogen-bond donors (Lipinski definition) is 0. The van der Waals surface area contributed by atoms with E-state index < -0.39 is 11.2 Å². The largest absolute Gasteiger partial charge is 0.545 e. The fourth-order valence-electron chi connectivity index (χ4n) is 2.03. The first-order chi connectivity index (χ1) is 9.41. The Morgan fingerprint density at radius 1 is 1.50 bits per heavy atom. The van der Waals surface area contributed by atoms with Crippen molar-refractivity contribution in [3.63, 3.8) is 0 Å². The minimum atomic E-state index is -1.35. The lowest BCUT2D eigenvalue weighted by molar-refractivity contribution is -0.255. The molecule has 1 atom stereocenters. The maximum atomic E-state index is 12.1. The van der Waals surface area contributed by atoms with Crippen LogP contribution in [0.4, 0.5) is 0 Å². The van der Waals surface area contributed by atoms with Crippen molar-refractivity contribution >= 4 is 29.5 Å². The van der Waals surface area contributed by atoms with Gasteiger partial charge in [-0.25, -0.2) is 4.98 Å². The van der Waals surface area contributed by atoms with E-state index in [1.165, 1.54) is 23.2 Å². The van der Waals surface area contributed by atoms with Crippen molar-refractivity contribution in [2.24, 2.45) is 0 Å². The number of imide groups is 1. The first-order valence-corrected chi connectivity index (χ1v) is 6.98. The zero-order valence-electron chi connectivity index (χ0n) is 11.0. The molecule has 0 N–H and O–H groups in total. The van der Waals surface area contributed by atoms with Crippen molar-refractivity contribution in [2.45, 2.75) is 36.6 Å². The molecule has 0 radical (unpaired) electrons. The molecule has 0 bridgehead atoms. The van der Waals surface area contributed by atoms with Gasteiger partial charge < -0.3 is 9.90 Å². The number of hydrogen-bond acceptors (Lipinski definition) is 6. The second-order valence-electron chi connectivity index (χ2n) is 4.65. The van der Waals surface area contributed by atoms with Crippen molar-refractivity contribution in [1.82, 2.24) is 9.88 Å². The highest BCUT2D eigenvalue weighted by Crippen LogP contribution is 2.32. The van der Waals surface area contributed by atoms with E-state index in [0.29, 0.717) is 0 Å². The van der Waals surface area contributed by atoms with Crippen LogP contribution in [0.1, 0.15) is 30.6 Å². The van der Waals surface area contributed by atoms with Gasteiger partial charge in [-0.05, 0) is 26.0 Å². The zero-order chi connectivity index (χ0) is 14.9. The predicted octanol–water partition coefficient (Wildman–Crippen LogP) is 0.0731. The lowest BCUT2D eigenvalue weighted by Gasteiger charge is -2.19. The number of carbonyl (C=O) groups is 3. The number of pyridine rings is 1. The Morgan fingerprint density at radius 2 is 2.20 bits per heavy atom. The summed E-state index contributed by atoms with van der Waals surface area (Å²) >= 11 is 0.995. The highest BCUT2D eigenvalue weighted by molar-refractivity contribution is 8.00. The lowest BCUT2D eigenvalue weighted by Crippen LogP contribution is -2.37. The molecule has 20 heavy (non-hydrogen) atoms. The first kappa shape index (κ1) is 14.5. The van der Waals surface area contributed by atoms with Crippen LogP contribution in [-0.2, 0) is 9.59 Å². The maximum absolute atomic E-state index is 12.1. The summed E-state index contributed by atoms with van der Waals surface area (Å²) in [4.78, 5) is 40.1. The van der Waals surface area contributed by atoms with Crippen molar-refractivity contribution < 1.29 is 19.5 Å². The van der Waals surface area contributed by atoms with E-state index in [1.54, 1.807) is 13.8 Å². The number of likely N-dealkylation sites (tertiary alicyclic amines) is 1. The van der Waals surface area contributed by atoms with Gasteiger partial charge in [-0.2, -0.15) is 0 Å². The van der Waals surface area contributed by atoms with Gasteiger partial charge in [0.25, 0.3) is 0 Å². The monoisotopic (exact) mass is 293 g/mol. The summed E-state index contributed by atoms with van der Waals surface area (Å²) in [7, 11) is 0. The molecule has 2 rings (SSSR count). The van der Waals surface area contributed by atoms with Crippen LogP contribution in [0, 0.1) is 0 Å². The standard InChI is InChI=1S/C13H14N2O4S/c1-7(2)15-10(16)6-9(12(15)17)20-11-8(13(18)19)4-3-5-14-11/h3-5,7,9H,6H2,1-2H3,(H,18,19)/p-1/t9-/m0/s1. The average Bonchev–Trinajstić information content (AvgIpc) is 2.64. The molecular formula is C13H13N2O4S-. The number of aromatic nitrogens is 1. The molecule has 2 amide bonds. The molecule has 0 unspecified atom stereocenters. The van der Waals surface area contributed by atoms with Gasteiger partial charge in [0.2, 0.25) is 11.8 Å². The third-order valence-electron chi connectivity index (χ3n) is 2.90. The quantitative estimate of drug-likeness (QED) is 0.730. The van der Waals surface area contributed by atoms with Crippen LogP contribution in [0.5, 0.6) is 0 Å². The number of amides is 2. The van der Waals surface area contributed by atoms with Crippen LogP contribution >= 0.6 is 11.8 Å². The number of carbonyl (C=O) groups excluding carboxylic acids is 3. The molecule has 6 nitrogen and oxygen atoms in total. The molecule has 1 aromatic heterocycles. The third kappa shape index (κ3) is 2.67. The highest BCUT2D eigenvalue weighted by Gasteiger charge is 2.40. The van der Waals surface area contributed by atoms with Crippen LogP contribution < -0.4 is 5.11 Å². The zero-order valence-corrected chi connectivity index (χ0v) is 11.8. The summed E-state index contributed by atoms with van der Waals surface area (Å²) < 4.78 is 0. The summed E-state index contributed by atoms with van der Waals surface area (Å²) in [5, 5.41) is 10.6. The molecule has 7 heteroatoms. The number of rotatable bonds is 4. The van der Waals surface area contributed by atoms with E-state index in [1.807, 2.05) is 0 Å². The highest BCUT2D eigenvalue weighted by atomic mass is 32.2.